The molecule has 5 rings (SSSR count). The summed E-state index contributed by atoms with van der Waals surface area (Å²) in [5, 5.41) is 13.5. The fourth-order valence-electron chi connectivity index (χ4n) is 4.81. The Morgan fingerprint density at radius 2 is 1.79 bits per heavy atom. The first-order valence-corrected chi connectivity index (χ1v) is 14.1. The number of hydrogen-bond acceptors (Lipinski definition) is 6. The molecule has 1 aromatic carbocycles. The zero-order chi connectivity index (χ0) is 23.0. The van der Waals surface area contributed by atoms with E-state index >= 15 is 0 Å². The summed E-state index contributed by atoms with van der Waals surface area (Å²) >= 11 is 3.42. The first kappa shape index (κ1) is 22.3. The third-order valence-corrected chi connectivity index (χ3v) is 10.4. The second-order valence-corrected chi connectivity index (χ2v) is 12.2. The monoisotopic (exact) mass is 497 g/mol. The van der Waals surface area contributed by atoms with E-state index in [2.05, 4.69) is 17.5 Å². The Balaban J connectivity index is 1.33. The minimum Gasteiger partial charge on any atom is -0.330 e. The standard InChI is InChI=1S/C24H23N3O3S3/c25-16-18-4-1-2-6-22(18)33(29,30)26-11-7-17(8-12-26)24(28)27-13-9-20-19(10-15-32-20)23(27)21-5-3-14-31-21/h1-6,10,14-15,17,23H,7-9,11-13H2/t23-/m1/s1. The SMILES string of the molecule is N#Cc1ccccc1S(=O)(=O)N1CCC(C(=O)N2CCc3sccc3[C@@H]2c2cccs2)CC1. The number of nitriles is 1. The van der Waals surface area contributed by atoms with E-state index in [1.165, 1.54) is 26.9 Å². The molecule has 0 spiro atoms. The van der Waals surface area contributed by atoms with Gasteiger partial charge in [-0.15, -0.1) is 22.7 Å². The largest absolute Gasteiger partial charge is 0.330 e. The average molecular weight is 498 g/mol. The first-order chi connectivity index (χ1) is 16.0. The Morgan fingerprint density at radius 3 is 2.52 bits per heavy atom. The number of benzene rings is 1. The number of rotatable bonds is 4. The van der Waals surface area contributed by atoms with Crippen molar-refractivity contribution >= 4 is 38.6 Å². The number of hydrogen-bond donors (Lipinski definition) is 0. The smallest absolute Gasteiger partial charge is 0.244 e. The van der Waals surface area contributed by atoms with E-state index in [-0.39, 0.29) is 41.4 Å². The van der Waals surface area contributed by atoms with E-state index in [4.69, 9.17) is 0 Å². The van der Waals surface area contributed by atoms with Crippen LogP contribution in [-0.2, 0) is 21.2 Å². The van der Waals surface area contributed by atoms with Crippen LogP contribution in [0.25, 0.3) is 0 Å². The van der Waals surface area contributed by atoms with E-state index in [1.807, 2.05) is 22.4 Å². The quantitative estimate of drug-likeness (QED) is 0.539. The van der Waals surface area contributed by atoms with Gasteiger partial charge < -0.3 is 4.90 Å². The topological polar surface area (TPSA) is 81.5 Å². The predicted molar refractivity (Wildman–Crippen MR) is 129 cm³/mol. The summed E-state index contributed by atoms with van der Waals surface area (Å²) in [7, 11) is -3.77. The molecule has 6 nitrogen and oxygen atoms in total. The third kappa shape index (κ3) is 4.02. The van der Waals surface area contributed by atoms with Crippen molar-refractivity contribution in [2.24, 2.45) is 5.92 Å². The van der Waals surface area contributed by atoms with Crippen LogP contribution in [0.4, 0.5) is 0 Å². The van der Waals surface area contributed by atoms with E-state index in [0.29, 0.717) is 19.4 Å². The fourth-order valence-corrected chi connectivity index (χ4v) is 8.18. The molecule has 1 fully saturated rings. The van der Waals surface area contributed by atoms with Crippen LogP contribution >= 0.6 is 22.7 Å². The highest BCUT2D eigenvalue weighted by Crippen LogP contribution is 2.41. The lowest BCUT2D eigenvalue weighted by atomic mass is 9.92. The van der Waals surface area contributed by atoms with E-state index in [1.54, 1.807) is 34.8 Å². The lowest BCUT2D eigenvalue weighted by Crippen LogP contribution is -2.47. The predicted octanol–water partition coefficient (Wildman–Crippen LogP) is 4.26. The molecule has 3 aromatic rings. The number of sulfonamides is 1. The van der Waals surface area contributed by atoms with Crippen molar-refractivity contribution in [2.45, 2.75) is 30.2 Å². The van der Waals surface area contributed by atoms with E-state index in [9.17, 15) is 18.5 Å². The summed E-state index contributed by atoms with van der Waals surface area (Å²) in [5.74, 6) is -0.0926. The van der Waals surface area contributed by atoms with Crippen LogP contribution in [-0.4, -0.2) is 43.2 Å². The molecular formula is C24H23N3O3S3. The van der Waals surface area contributed by atoms with Gasteiger partial charge >= 0.3 is 0 Å². The molecular weight excluding hydrogens is 474 g/mol. The van der Waals surface area contributed by atoms with Crippen LogP contribution in [0.15, 0.2) is 58.1 Å². The number of amides is 1. The zero-order valence-corrected chi connectivity index (χ0v) is 20.3. The van der Waals surface area contributed by atoms with Crippen LogP contribution in [0.1, 0.15) is 39.8 Å². The summed E-state index contributed by atoms with van der Waals surface area (Å²) in [5.41, 5.74) is 1.37. The van der Waals surface area contributed by atoms with Crippen LogP contribution < -0.4 is 0 Å². The number of thiophene rings is 2. The van der Waals surface area contributed by atoms with Crippen LogP contribution in [0.2, 0.25) is 0 Å². The van der Waals surface area contributed by atoms with Crippen molar-refractivity contribution in [2.75, 3.05) is 19.6 Å². The van der Waals surface area contributed by atoms with Gasteiger partial charge in [-0.1, -0.05) is 18.2 Å². The maximum Gasteiger partial charge on any atom is 0.244 e. The molecule has 1 amide bonds. The van der Waals surface area contributed by atoms with Crippen LogP contribution in [0.3, 0.4) is 0 Å². The minimum atomic E-state index is -3.77. The normalized spacial score (nSPS) is 19.7. The Labute approximate surface area is 201 Å². The summed E-state index contributed by atoms with van der Waals surface area (Å²) in [6.07, 6.45) is 1.83. The molecule has 0 unspecified atom stereocenters. The van der Waals surface area contributed by atoms with Gasteiger partial charge in [-0.3, -0.25) is 4.79 Å². The van der Waals surface area contributed by atoms with Crippen molar-refractivity contribution in [3.63, 3.8) is 0 Å². The van der Waals surface area contributed by atoms with Crippen molar-refractivity contribution in [1.29, 1.82) is 5.26 Å². The molecule has 0 radical (unpaired) electrons. The summed E-state index contributed by atoms with van der Waals surface area (Å²) in [4.78, 5) is 18.2. The maximum absolute atomic E-state index is 13.6. The molecule has 1 saturated heterocycles. The minimum absolute atomic E-state index is 0.0380. The Kier molecular flexibility index (Phi) is 6.10. The average Bonchev–Trinajstić information content (AvgIpc) is 3.55. The second-order valence-electron chi connectivity index (χ2n) is 8.29. The van der Waals surface area contributed by atoms with Gasteiger partial charge in [0.15, 0.2) is 0 Å². The summed E-state index contributed by atoms with van der Waals surface area (Å²) < 4.78 is 27.7. The fraction of sp³-hybridized carbons (Fsp3) is 0.333. The molecule has 1 atom stereocenters. The third-order valence-electron chi connectivity index (χ3n) is 6.49. The number of fused-ring (bicyclic) bond motifs is 1. The number of carbonyl (C=O) groups excluding carboxylic acids is 1. The molecule has 0 N–H and O–H groups in total. The Bertz CT molecular complexity index is 1300. The van der Waals surface area contributed by atoms with Crippen LogP contribution in [0.5, 0.6) is 0 Å². The zero-order valence-electron chi connectivity index (χ0n) is 17.9. The molecule has 170 valence electrons. The molecule has 2 aliphatic rings. The summed E-state index contributed by atoms with van der Waals surface area (Å²) in [6.45, 7) is 1.24. The first-order valence-electron chi connectivity index (χ1n) is 10.9. The van der Waals surface area contributed by atoms with Crippen molar-refractivity contribution in [3.05, 3.63) is 74.1 Å². The highest BCUT2D eigenvalue weighted by atomic mass is 32.2. The molecule has 4 heterocycles. The molecule has 0 aliphatic carbocycles. The van der Waals surface area contributed by atoms with E-state index < -0.39 is 10.0 Å². The van der Waals surface area contributed by atoms with Gasteiger partial charge in [0.2, 0.25) is 15.9 Å². The van der Waals surface area contributed by atoms with E-state index in [0.717, 1.165) is 11.3 Å². The number of piperidine rings is 1. The molecule has 9 heteroatoms. The van der Waals surface area contributed by atoms with Crippen LogP contribution in [0, 0.1) is 17.2 Å². The molecule has 2 aromatic heterocycles. The number of carbonyl (C=O) groups is 1. The van der Waals surface area contributed by atoms with Gasteiger partial charge in [-0.2, -0.15) is 9.57 Å². The van der Waals surface area contributed by atoms with Crippen molar-refractivity contribution in [3.8, 4) is 6.07 Å². The maximum atomic E-state index is 13.6. The molecule has 2 aliphatic heterocycles. The lowest BCUT2D eigenvalue weighted by Gasteiger charge is -2.39. The molecule has 0 bridgehead atoms. The van der Waals surface area contributed by atoms with Crippen molar-refractivity contribution in [1.82, 2.24) is 9.21 Å². The van der Waals surface area contributed by atoms with Gasteiger partial charge in [0, 0.05) is 35.3 Å². The molecule has 33 heavy (non-hydrogen) atoms. The lowest BCUT2D eigenvalue weighted by molar-refractivity contribution is -0.138. The highest BCUT2D eigenvalue weighted by Gasteiger charge is 2.39. The van der Waals surface area contributed by atoms with Crippen molar-refractivity contribution < 1.29 is 13.2 Å². The van der Waals surface area contributed by atoms with Gasteiger partial charge in [0.25, 0.3) is 0 Å². The molecule has 0 saturated carbocycles. The number of nitrogens with zero attached hydrogens (tertiary/aromatic N) is 3. The van der Waals surface area contributed by atoms with Gasteiger partial charge in [-0.25, -0.2) is 8.42 Å². The Hall–Kier alpha value is -2.51. The summed E-state index contributed by atoms with van der Waals surface area (Å²) in [6, 6.07) is 14.4. The van der Waals surface area contributed by atoms with Gasteiger partial charge in [0.05, 0.1) is 16.5 Å². The Morgan fingerprint density at radius 1 is 1.00 bits per heavy atom. The highest BCUT2D eigenvalue weighted by molar-refractivity contribution is 7.89. The van der Waals surface area contributed by atoms with Gasteiger partial charge in [0.1, 0.15) is 6.07 Å². The second kappa shape index (κ2) is 9.03. The van der Waals surface area contributed by atoms with Gasteiger partial charge in [-0.05, 0) is 59.9 Å².